The van der Waals surface area contributed by atoms with E-state index in [9.17, 15) is 20.4 Å². The van der Waals surface area contributed by atoms with Crippen molar-refractivity contribution >= 4 is 0 Å². The summed E-state index contributed by atoms with van der Waals surface area (Å²) in [4.78, 5) is 0. The highest BCUT2D eigenvalue weighted by molar-refractivity contribution is 5.33. The number of hydrogen-bond acceptors (Lipinski definition) is 4. The highest BCUT2D eigenvalue weighted by Gasteiger charge is 2.58. The van der Waals surface area contributed by atoms with Crippen molar-refractivity contribution in [1.29, 1.82) is 0 Å². The second-order valence-electron chi connectivity index (χ2n) is 14.6. The minimum absolute atomic E-state index is 0.0406. The second kappa shape index (κ2) is 15.5. The highest BCUT2D eigenvalue weighted by Crippen LogP contribution is 2.50. The quantitative estimate of drug-likeness (QED) is 0.149. The third-order valence-corrected chi connectivity index (χ3v) is 9.16. The van der Waals surface area contributed by atoms with Crippen LogP contribution in [0.2, 0.25) is 0 Å². The molecule has 0 aromatic heterocycles. The summed E-state index contributed by atoms with van der Waals surface area (Å²) in [5, 5.41) is 42.5. The van der Waals surface area contributed by atoms with Crippen molar-refractivity contribution in [2.45, 2.75) is 112 Å². The largest absolute Gasteiger partial charge is 0.393 e. The molecule has 0 aromatic rings. The summed E-state index contributed by atoms with van der Waals surface area (Å²) < 4.78 is 0. The molecule has 4 heteroatoms. The van der Waals surface area contributed by atoms with E-state index >= 15 is 0 Å². The van der Waals surface area contributed by atoms with Crippen LogP contribution in [0.5, 0.6) is 0 Å². The number of aliphatic hydroxyl groups is 4. The van der Waals surface area contributed by atoms with E-state index in [1.54, 1.807) is 13.0 Å². The second-order valence-corrected chi connectivity index (χ2v) is 14.6. The van der Waals surface area contributed by atoms with Crippen LogP contribution in [0.1, 0.15) is 88.5 Å². The molecule has 2 aliphatic carbocycles. The van der Waals surface area contributed by atoms with E-state index < -0.39 is 22.7 Å². The van der Waals surface area contributed by atoms with Crippen LogP contribution in [-0.4, -0.2) is 43.8 Å². The molecule has 0 aromatic carbocycles. The maximum Gasteiger partial charge on any atom is 0.117 e. The van der Waals surface area contributed by atoms with Crippen LogP contribution >= 0.6 is 0 Å². The molecule has 1 fully saturated rings. The van der Waals surface area contributed by atoms with Gasteiger partial charge in [-0.05, 0) is 65.9 Å². The monoisotopic (exact) mass is 602 g/mol. The molecule has 0 radical (unpaired) electrons. The van der Waals surface area contributed by atoms with Crippen LogP contribution in [0.25, 0.3) is 0 Å². The van der Waals surface area contributed by atoms with Crippen molar-refractivity contribution in [2.75, 3.05) is 0 Å². The topological polar surface area (TPSA) is 80.9 Å². The summed E-state index contributed by atoms with van der Waals surface area (Å²) in [5.74, 6) is 0.330. The molecular formula is C40H58O4. The van der Waals surface area contributed by atoms with Crippen molar-refractivity contribution in [3.8, 4) is 0 Å². The van der Waals surface area contributed by atoms with Gasteiger partial charge in [-0.15, -0.1) is 0 Å². The van der Waals surface area contributed by atoms with E-state index in [-0.39, 0.29) is 17.9 Å². The van der Waals surface area contributed by atoms with Gasteiger partial charge in [0, 0.05) is 17.8 Å². The lowest BCUT2D eigenvalue weighted by molar-refractivity contribution is -0.216. The summed E-state index contributed by atoms with van der Waals surface area (Å²) in [6, 6.07) is 0. The number of hydrogen-bond donors (Lipinski definition) is 4. The number of allylic oxidation sites excluding steroid dienone is 18. The van der Waals surface area contributed by atoms with E-state index in [0.717, 1.165) is 23.1 Å². The first kappa shape index (κ1) is 37.4. The molecule has 4 nitrogen and oxygen atoms in total. The zero-order valence-corrected chi connectivity index (χ0v) is 28.8. The molecule has 0 aliphatic heterocycles. The van der Waals surface area contributed by atoms with Crippen molar-refractivity contribution < 1.29 is 20.4 Å². The lowest BCUT2D eigenvalue weighted by Gasteiger charge is -2.54. The molecule has 5 atom stereocenters. The van der Waals surface area contributed by atoms with Crippen molar-refractivity contribution in [3.05, 3.63) is 119 Å². The molecule has 0 heterocycles. The Labute approximate surface area is 267 Å². The highest BCUT2D eigenvalue weighted by atomic mass is 16.4. The molecule has 1 saturated carbocycles. The Morgan fingerprint density at radius 1 is 0.682 bits per heavy atom. The SMILES string of the molecule is CC1=C[C@H](O)CC(C)(C)[C@H]1/C=C/C(C)=C/C=C/C(C)=C/C=C/C=C(C)/C=C/C=C(C)/C=C/[C@@]1(O)C(C)(C)C[C@H](O)C[C@]1(C)O. The van der Waals surface area contributed by atoms with Crippen molar-refractivity contribution in [1.82, 2.24) is 0 Å². The van der Waals surface area contributed by atoms with Crippen LogP contribution in [-0.2, 0) is 0 Å². The summed E-state index contributed by atoms with van der Waals surface area (Å²) in [6.07, 6.45) is 30.7. The molecule has 44 heavy (non-hydrogen) atoms. The smallest absolute Gasteiger partial charge is 0.117 e. The van der Waals surface area contributed by atoms with Gasteiger partial charge in [-0.2, -0.15) is 0 Å². The van der Waals surface area contributed by atoms with Gasteiger partial charge < -0.3 is 20.4 Å². The summed E-state index contributed by atoms with van der Waals surface area (Å²) in [6.45, 7) is 20.1. The zero-order valence-electron chi connectivity index (χ0n) is 28.8. The molecule has 0 spiro atoms. The minimum atomic E-state index is -1.44. The summed E-state index contributed by atoms with van der Waals surface area (Å²) >= 11 is 0. The van der Waals surface area contributed by atoms with E-state index in [2.05, 4.69) is 77.2 Å². The number of rotatable bonds is 10. The first-order chi connectivity index (χ1) is 20.3. The predicted octanol–water partition coefficient (Wildman–Crippen LogP) is 8.57. The van der Waals surface area contributed by atoms with Crippen molar-refractivity contribution in [3.63, 3.8) is 0 Å². The first-order valence-electron chi connectivity index (χ1n) is 15.9. The van der Waals surface area contributed by atoms with Gasteiger partial charge in [0.15, 0.2) is 0 Å². The first-order valence-corrected chi connectivity index (χ1v) is 15.9. The van der Waals surface area contributed by atoms with Gasteiger partial charge in [0.25, 0.3) is 0 Å². The fourth-order valence-electron chi connectivity index (χ4n) is 6.57. The molecule has 2 aliphatic rings. The molecule has 0 amide bonds. The molecule has 0 bridgehead atoms. The van der Waals surface area contributed by atoms with E-state index in [1.165, 1.54) is 11.1 Å². The normalized spacial score (nSPS) is 32.6. The molecule has 2 rings (SSSR count). The standard InChI is InChI=1S/C40H58O4/c1-29(17-13-19-31(3)21-22-36-33(5)25-34(41)26-37(36,6)7)15-11-12-16-30(2)18-14-20-32(4)23-24-40(44)38(8,9)27-35(42)28-39(40,10)43/h11-25,34-36,41-44H,26-28H2,1-10H3/b12-11+,17-13+,18-14+,22-21+,24-23+,29-15+,30-16+,31-19+,32-20+/t34-,35-,36-,39-,40+/m0/s1. The van der Waals surface area contributed by atoms with Crippen LogP contribution in [0.15, 0.2) is 119 Å². The molecule has 0 unspecified atom stereocenters. The fraction of sp³-hybridized carbons (Fsp3) is 0.500. The molecular weight excluding hydrogens is 544 g/mol. The van der Waals surface area contributed by atoms with Gasteiger partial charge in [0.1, 0.15) is 5.60 Å². The molecule has 0 saturated heterocycles. The zero-order chi connectivity index (χ0) is 33.3. The Morgan fingerprint density at radius 3 is 1.66 bits per heavy atom. The third kappa shape index (κ3) is 10.4. The van der Waals surface area contributed by atoms with E-state index in [4.69, 9.17) is 0 Å². The van der Waals surface area contributed by atoms with Crippen molar-refractivity contribution in [2.24, 2.45) is 16.7 Å². The average Bonchev–Trinajstić information content (AvgIpc) is 2.87. The number of aliphatic hydroxyl groups excluding tert-OH is 2. The van der Waals surface area contributed by atoms with Gasteiger partial charge >= 0.3 is 0 Å². The minimum Gasteiger partial charge on any atom is -0.393 e. The van der Waals surface area contributed by atoms with Gasteiger partial charge in [-0.25, -0.2) is 0 Å². The molecule has 4 N–H and O–H groups in total. The maximum atomic E-state index is 11.4. The Hall–Kier alpha value is -2.76. The van der Waals surface area contributed by atoms with Crippen LogP contribution in [0.4, 0.5) is 0 Å². The third-order valence-electron chi connectivity index (χ3n) is 9.16. The Morgan fingerprint density at radius 2 is 1.16 bits per heavy atom. The van der Waals surface area contributed by atoms with Crippen LogP contribution in [0.3, 0.4) is 0 Å². The van der Waals surface area contributed by atoms with E-state index in [0.29, 0.717) is 12.3 Å². The van der Waals surface area contributed by atoms with Gasteiger partial charge in [0.05, 0.1) is 17.8 Å². The van der Waals surface area contributed by atoms with Gasteiger partial charge in [-0.1, -0.05) is 141 Å². The summed E-state index contributed by atoms with van der Waals surface area (Å²) in [7, 11) is 0. The Kier molecular flexibility index (Phi) is 13.2. The lowest BCUT2D eigenvalue weighted by atomic mass is 9.57. The van der Waals surface area contributed by atoms with E-state index in [1.807, 2.05) is 70.2 Å². The van der Waals surface area contributed by atoms with Gasteiger partial charge in [0.2, 0.25) is 0 Å². The lowest BCUT2D eigenvalue weighted by Crippen LogP contribution is -2.65. The molecule has 242 valence electrons. The van der Waals surface area contributed by atoms with Crippen LogP contribution < -0.4 is 0 Å². The Bertz CT molecular complexity index is 1280. The Balaban J connectivity index is 1.93. The summed E-state index contributed by atoms with van der Waals surface area (Å²) in [5.41, 5.74) is 2.13. The fourth-order valence-corrected chi connectivity index (χ4v) is 6.57. The average molecular weight is 603 g/mol. The van der Waals surface area contributed by atoms with Crippen LogP contribution in [0, 0.1) is 16.7 Å². The maximum absolute atomic E-state index is 11.4. The van der Waals surface area contributed by atoms with Gasteiger partial charge in [-0.3, -0.25) is 0 Å². The predicted molar refractivity (Wildman–Crippen MR) is 187 cm³/mol.